The van der Waals surface area contributed by atoms with Crippen molar-refractivity contribution in [1.82, 2.24) is 14.9 Å². The summed E-state index contributed by atoms with van der Waals surface area (Å²) in [5.41, 5.74) is 0. The number of rotatable bonds is 9. The lowest BCUT2D eigenvalue weighted by atomic mass is 10.1. The summed E-state index contributed by atoms with van der Waals surface area (Å²) in [7, 11) is 2.05. The van der Waals surface area contributed by atoms with Crippen LogP contribution in [0.5, 0.6) is 0 Å². The molecule has 1 rings (SSSR count). The predicted molar refractivity (Wildman–Crippen MR) is 75.5 cm³/mol. The Kier molecular flexibility index (Phi) is 7.37. The molecule has 1 unspecified atom stereocenters. The molecule has 0 radical (unpaired) electrons. The number of nitrogens with zero attached hydrogens (tertiary/aromatic N) is 2. The van der Waals surface area contributed by atoms with E-state index in [1.807, 2.05) is 31.2 Å². The topological polar surface area (TPSA) is 29.9 Å². The van der Waals surface area contributed by atoms with Gasteiger partial charge in [-0.2, -0.15) is 0 Å². The molecule has 1 aromatic rings. The van der Waals surface area contributed by atoms with Crippen LogP contribution in [-0.4, -0.2) is 27.9 Å². The highest BCUT2D eigenvalue weighted by atomic mass is 32.2. The molecule has 0 fully saturated rings. The van der Waals surface area contributed by atoms with E-state index in [2.05, 4.69) is 28.7 Å². The van der Waals surface area contributed by atoms with Gasteiger partial charge in [0.1, 0.15) is 0 Å². The van der Waals surface area contributed by atoms with Gasteiger partial charge in [0.05, 0.1) is 0 Å². The van der Waals surface area contributed by atoms with Crippen LogP contribution in [0.25, 0.3) is 0 Å². The van der Waals surface area contributed by atoms with Gasteiger partial charge in [-0.15, -0.1) is 0 Å². The number of aromatic nitrogens is 2. The van der Waals surface area contributed by atoms with E-state index >= 15 is 0 Å². The zero-order valence-electron chi connectivity index (χ0n) is 11.3. The summed E-state index contributed by atoms with van der Waals surface area (Å²) < 4.78 is 2.08. The smallest absolute Gasteiger partial charge is 0.167 e. The van der Waals surface area contributed by atoms with Crippen LogP contribution in [0.4, 0.5) is 0 Å². The van der Waals surface area contributed by atoms with Crippen molar-refractivity contribution in [2.45, 2.75) is 50.7 Å². The lowest BCUT2D eigenvalue weighted by Gasteiger charge is -2.15. The van der Waals surface area contributed by atoms with E-state index in [0.29, 0.717) is 6.04 Å². The third-order valence-corrected chi connectivity index (χ3v) is 4.03. The molecule has 0 bridgehead atoms. The standard InChI is InChI=1S/C13H25N3S/c1-4-8-14-12(5-2)7-6-11-17-13-15-9-10-16(13)3/h9-10,12,14H,4-8,11H2,1-3H3. The fourth-order valence-corrected chi connectivity index (χ4v) is 2.68. The van der Waals surface area contributed by atoms with Crippen LogP contribution in [-0.2, 0) is 7.05 Å². The first-order valence-corrected chi connectivity index (χ1v) is 7.60. The van der Waals surface area contributed by atoms with Gasteiger partial charge in [0, 0.05) is 31.2 Å². The molecule has 4 heteroatoms. The molecule has 1 N–H and O–H groups in total. The van der Waals surface area contributed by atoms with Crippen LogP contribution >= 0.6 is 11.8 Å². The predicted octanol–water partition coefficient (Wildman–Crippen LogP) is 3.07. The summed E-state index contributed by atoms with van der Waals surface area (Å²) in [6.07, 6.45) is 8.84. The SMILES string of the molecule is CCCNC(CC)CCCSc1nccn1C. The molecule has 3 nitrogen and oxygen atoms in total. The van der Waals surface area contributed by atoms with Crippen molar-refractivity contribution in [3.8, 4) is 0 Å². The number of nitrogens with one attached hydrogen (secondary N) is 1. The molecule has 0 aliphatic rings. The Labute approximate surface area is 109 Å². The molecular formula is C13H25N3S. The second-order valence-electron chi connectivity index (χ2n) is 4.37. The number of hydrogen-bond acceptors (Lipinski definition) is 3. The summed E-state index contributed by atoms with van der Waals surface area (Å²) in [6, 6.07) is 0.692. The van der Waals surface area contributed by atoms with E-state index in [9.17, 15) is 0 Å². The molecular weight excluding hydrogens is 230 g/mol. The maximum absolute atomic E-state index is 4.31. The third-order valence-electron chi connectivity index (χ3n) is 2.88. The summed E-state index contributed by atoms with van der Waals surface area (Å²) in [6.45, 7) is 5.63. The Morgan fingerprint density at radius 3 is 2.88 bits per heavy atom. The first-order chi connectivity index (χ1) is 8.27. The average Bonchev–Trinajstić information content (AvgIpc) is 2.74. The summed E-state index contributed by atoms with van der Waals surface area (Å²) >= 11 is 1.85. The lowest BCUT2D eigenvalue weighted by molar-refractivity contribution is 0.465. The fourth-order valence-electron chi connectivity index (χ4n) is 1.78. The minimum atomic E-state index is 0.692. The fraction of sp³-hybridized carbons (Fsp3) is 0.769. The minimum Gasteiger partial charge on any atom is -0.329 e. The lowest BCUT2D eigenvalue weighted by Crippen LogP contribution is -2.29. The Balaban J connectivity index is 2.12. The normalized spacial score (nSPS) is 12.9. The molecule has 0 aromatic carbocycles. The molecule has 1 heterocycles. The van der Waals surface area contributed by atoms with Crippen molar-refractivity contribution < 1.29 is 0 Å². The summed E-state index contributed by atoms with van der Waals surface area (Å²) in [5.74, 6) is 1.16. The van der Waals surface area contributed by atoms with E-state index in [-0.39, 0.29) is 0 Å². The monoisotopic (exact) mass is 255 g/mol. The first kappa shape index (κ1) is 14.6. The van der Waals surface area contributed by atoms with Crippen LogP contribution < -0.4 is 5.32 Å². The Morgan fingerprint density at radius 2 is 2.29 bits per heavy atom. The molecule has 0 spiro atoms. The van der Waals surface area contributed by atoms with E-state index < -0.39 is 0 Å². The average molecular weight is 255 g/mol. The molecule has 1 atom stereocenters. The van der Waals surface area contributed by atoms with Gasteiger partial charge in [0.25, 0.3) is 0 Å². The maximum atomic E-state index is 4.31. The number of thioether (sulfide) groups is 1. The second-order valence-corrected chi connectivity index (χ2v) is 5.43. The second kappa shape index (κ2) is 8.59. The summed E-state index contributed by atoms with van der Waals surface area (Å²) in [5, 5.41) is 4.72. The highest BCUT2D eigenvalue weighted by Gasteiger charge is 2.05. The molecule has 0 amide bonds. The van der Waals surface area contributed by atoms with Crippen molar-refractivity contribution >= 4 is 11.8 Å². The molecule has 0 saturated carbocycles. The van der Waals surface area contributed by atoms with Crippen molar-refractivity contribution in [1.29, 1.82) is 0 Å². The van der Waals surface area contributed by atoms with E-state index in [4.69, 9.17) is 0 Å². The van der Waals surface area contributed by atoms with Crippen LogP contribution in [0, 0.1) is 0 Å². The van der Waals surface area contributed by atoms with Crippen molar-refractivity contribution in [3.05, 3.63) is 12.4 Å². The van der Waals surface area contributed by atoms with E-state index in [1.54, 1.807) is 0 Å². The van der Waals surface area contributed by atoms with Gasteiger partial charge >= 0.3 is 0 Å². The Morgan fingerprint density at radius 1 is 1.47 bits per heavy atom. The largest absolute Gasteiger partial charge is 0.329 e. The maximum Gasteiger partial charge on any atom is 0.167 e. The van der Waals surface area contributed by atoms with Crippen molar-refractivity contribution in [3.63, 3.8) is 0 Å². The van der Waals surface area contributed by atoms with E-state index in [1.165, 1.54) is 25.7 Å². The number of hydrogen-bond donors (Lipinski definition) is 1. The molecule has 98 valence electrons. The molecule has 0 aliphatic carbocycles. The van der Waals surface area contributed by atoms with Gasteiger partial charge in [-0.25, -0.2) is 4.98 Å². The highest BCUT2D eigenvalue weighted by molar-refractivity contribution is 7.99. The minimum absolute atomic E-state index is 0.692. The van der Waals surface area contributed by atoms with Crippen molar-refractivity contribution in [2.24, 2.45) is 7.05 Å². The third kappa shape index (κ3) is 5.59. The molecule has 1 aromatic heterocycles. The number of imidazole rings is 1. The van der Waals surface area contributed by atoms with Gasteiger partial charge in [-0.3, -0.25) is 0 Å². The molecule has 17 heavy (non-hydrogen) atoms. The van der Waals surface area contributed by atoms with Gasteiger partial charge in [0.2, 0.25) is 0 Å². The van der Waals surface area contributed by atoms with Gasteiger partial charge in [0.15, 0.2) is 5.16 Å². The molecule has 0 saturated heterocycles. The molecule has 0 aliphatic heterocycles. The Hall–Kier alpha value is -0.480. The van der Waals surface area contributed by atoms with Crippen LogP contribution in [0.1, 0.15) is 39.5 Å². The van der Waals surface area contributed by atoms with Crippen LogP contribution in [0.2, 0.25) is 0 Å². The van der Waals surface area contributed by atoms with Crippen molar-refractivity contribution in [2.75, 3.05) is 12.3 Å². The van der Waals surface area contributed by atoms with E-state index in [0.717, 1.165) is 17.5 Å². The first-order valence-electron chi connectivity index (χ1n) is 6.61. The summed E-state index contributed by atoms with van der Waals surface area (Å²) in [4.78, 5) is 4.31. The zero-order valence-corrected chi connectivity index (χ0v) is 12.1. The van der Waals surface area contributed by atoms with Gasteiger partial charge in [-0.1, -0.05) is 25.6 Å². The highest BCUT2D eigenvalue weighted by Crippen LogP contribution is 2.17. The van der Waals surface area contributed by atoms with Gasteiger partial charge in [-0.05, 0) is 32.2 Å². The van der Waals surface area contributed by atoms with Crippen LogP contribution in [0.3, 0.4) is 0 Å². The quantitative estimate of drug-likeness (QED) is 0.543. The van der Waals surface area contributed by atoms with Crippen LogP contribution in [0.15, 0.2) is 17.6 Å². The zero-order chi connectivity index (χ0) is 12.5. The Bertz CT molecular complexity index is 299. The number of aryl methyl sites for hydroxylation is 1. The van der Waals surface area contributed by atoms with Gasteiger partial charge < -0.3 is 9.88 Å².